The molecule has 8 heteroatoms. The van der Waals surface area contributed by atoms with E-state index in [2.05, 4.69) is 15.9 Å². The molecule has 0 aliphatic carbocycles. The molecule has 1 aliphatic rings. The summed E-state index contributed by atoms with van der Waals surface area (Å²) in [7, 11) is 5.57. The number of methoxy groups -OCH3 is 1. The van der Waals surface area contributed by atoms with Gasteiger partial charge in [-0.1, -0.05) is 47.7 Å². The Labute approximate surface area is 227 Å². The van der Waals surface area contributed by atoms with Crippen molar-refractivity contribution < 1.29 is 9.53 Å². The van der Waals surface area contributed by atoms with Crippen LogP contribution in [0.25, 0.3) is 16.8 Å². The molecule has 0 amide bonds. The number of ether oxygens (including phenoxy) is 1. The predicted octanol–water partition coefficient (Wildman–Crippen LogP) is 4.81. The van der Waals surface area contributed by atoms with Crippen LogP contribution in [0.2, 0.25) is 0 Å². The Morgan fingerprint density at radius 1 is 1.16 bits per heavy atom. The Morgan fingerprint density at radius 3 is 2.59 bits per heavy atom. The molecule has 1 aromatic heterocycles. The van der Waals surface area contributed by atoms with Crippen molar-refractivity contribution in [1.82, 2.24) is 4.57 Å². The maximum absolute atomic E-state index is 14.0. The number of fused-ring (bicyclic) bond motifs is 2. The molecule has 2 heterocycles. The minimum atomic E-state index is -0.653. The lowest BCUT2D eigenvalue weighted by Gasteiger charge is -2.27. The van der Waals surface area contributed by atoms with E-state index in [4.69, 9.17) is 9.73 Å². The van der Waals surface area contributed by atoms with Gasteiger partial charge in [-0.05, 0) is 70.4 Å². The minimum Gasteiger partial charge on any atom is -0.496 e. The highest BCUT2D eigenvalue weighted by Crippen LogP contribution is 2.40. The molecule has 1 aliphatic heterocycles. The Morgan fingerprint density at radius 2 is 1.92 bits per heavy atom. The largest absolute Gasteiger partial charge is 0.496 e. The zero-order chi connectivity index (χ0) is 26.4. The van der Waals surface area contributed by atoms with Crippen LogP contribution in [0, 0.1) is 0 Å². The summed E-state index contributed by atoms with van der Waals surface area (Å²) in [4.78, 5) is 34.2. The van der Waals surface area contributed by atoms with Crippen LogP contribution >= 0.6 is 27.3 Å². The highest BCUT2D eigenvalue weighted by Gasteiger charge is 2.33. The summed E-state index contributed by atoms with van der Waals surface area (Å²) in [6.07, 6.45) is 1.87. The number of carbonyl (C=O) groups is 1. The van der Waals surface area contributed by atoms with Gasteiger partial charge in [-0.3, -0.25) is 14.2 Å². The number of nitrogens with zero attached hydrogens (tertiary/aromatic N) is 3. The van der Waals surface area contributed by atoms with Crippen molar-refractivity contribution in [3.8, 4) is 5.75 Å². The van der Waals surface area contributed by atoms with Crippen molar-refractivity contribution in [3.05, 3.63) is 101 Å². The van der Waals surface area contributed by atoms with Crippen LogP contribution in [0.1, 0.15) is 31.0 Å². The third-order valence-corrected chi connectivity index (χ3v) is 8.19. The molecule has 0 bridgehead atoms. The summed E-state index contributed by atoms with van der Waals surface area (Å²) >= 11 is 4.95. The second-order valence-electron chi connectivity index (χ2n) is 9.15. The molecule has 1 atom stereocenters. The van der Waals surface area contributed by atoms with E-state index in [1.807, 2.05) is 86.6 Å². The quantitative estimate of drug-likeness (QED) is 0.342. The van der Waals surface area contributed by atoms with Crippen LogP contribution in [-0.4, -0.2) is 31.6 Å². The standard InChI is InChI=1S/C29H26BrN3O3S/c1-16-25(17(2)34)27(26-20-9-7-6-8-19(20)11-13-23(26)36-5)33-28(35)24(37-29(33)31-16)15-18-10-12-22(32(3)4)21(30)14-18/h6-15,27H,1-5H3/t27-/m0/s1. The minimum absolute atomic E-state index is 0.126. The molecule has 0 N–H and O–H groups in total. The van der Waals surface area contributed by atoms with Crippen LogP contribution in [-0.2, 0) is 4.79 Å². The molecule has 6 nitrogen and oxygen atoms in total. The normalized spacial score (nSPS) is 15.5. The number of Topliss-reactive ketones (excluding diaryl/α,β-unsaturated/α-hetero) is 1. The van der Waals surface area contributed by atoms with E-state index in [9.17, 15) is 9.59 Å². The second kappa shape index (κ2) is 9.76. The Bertz CT molecular complexity index is 1780. The SMILES string of the molecule is COc1ccc2ccccc2c1[C@@H]1C(C(C)=O)=C(C)N=c2sc(=Cc3ccc(N(C)C)c(Br)c3)c(=O)n21. The van der Waals surface area contributed by atoms with Gasteiger partial charge in [-0.2, -0.15) is 0 Å². The molecule has 37 heavy (non-hydrogen) atoms. The van der Waals surface area contributed by atoms with Crippen molar-refractivity contribution in [2.45, 2.75) is 19.9 Å². The van der Waals surface area contributed by atoms with Crippen LogP contribution < -0.4 is 24.5 Å². The van der Waals surface area contributed by atoms with Gasteiger partial charge in [0.1, 0.15) is 5.75 Å². The monoisotopic (exact) mass is 575 g/mol. The fourth-order valence-electron chi connectivity index (χ4n) is 4.91. The summed E-state index contributed by atoms with van der Waals surface area (Å²) in [5.41, 5.74) is 3.63. The lowest BCUT2D eigenvalue weighted by molar-refractivity contribution is -0.114. The number of carbonyl (C=O) groups excluding carboxylic acids is 1. The number of anilines is 1. The topological polar surface area (TPSA) is 63.9 Å². The second-order valence-corrected chi connectivity index (χ2v) is 11.0. The molecule has 0 radical (unpaired) electrons. The van der Waals surface area contributed by atoms with Gasteiger partial charge in [0.15, 0.2) is 10.6 Å². The van der Waals surface area contributed by atoms with Crippen molar-refractivity contribution in [2.75, 3.05) is 26.1 Å². The Balaban J connectivity index is 1.80. The lowest BCUT2D eigenvalue weighted by Crippen LogP contribution is -2.39. The molecule has 0 unspecified atom stereocenters. The molecule has 0 saturated carbocycles. The summed E-state index contributed by atoms with van der Waals surface area (Å²) in [5, 5.41) is 1.93. The van der Waals surface area contributed by atoms with Gasteiger partial charge < -0.3 is 9.64 Å². The smallest absolute Gasteiger partial charge is 0.271 e. The van der Waals surface area contributed by atoms with Crippen molar-refractivity contribution in [3.63, 3.8) is 0 Å². The van der Waals surface area contributed by atoms with E-state index < -0.39 is 6.04 Å². The first-order valence-corrected chi connectivity index (χ1v) is 13.4. The molecule has 4 aromatic rings. The number of hydrogen-bond acceptors (Lipinski definition) is 6. The third-order valence-electron chi connectivity index (χ3n) is 6.58. The maximum Gasteiger partial charge on any atom is 0.271 e. The van der Waals surface area contributed by atoms with Crippen molar-refractivity contribution in [1.29, 1.82) is 0 Å². The number of thiazole rings is 1. The average Bonchev–Trinajstić information content (AvgIpc) is 3.16. The van der Waals surface area contributed by atoms with Gasteiger partial charge in [0, 0.05) is 35.4 Å². The maximum atomic E-state index is 14.0. The van der Waals surface area contributed by atoms with Crippen LogP contribution in [0.3, 0.4) is 0 Å². The number of ketones is 1. The fraction of sp³-hybridized carbons (Fsp3) is 0.207. The average molecular weight is 577 g/mol. The third kappa shape index (κ3) is 4.34. The van der Waals surface area contributed by atoms with E-state index in [1.54, 1.807) is 11.7 Å². The highest BCUT2D eigenvalue weighted by atomic mass is 79.9. The fourth-order valence-corrected chi connectivity index (χ4v) is 6.70. The summed E-state index contributed by atoms with van der Waals surface area (Å²) in [6.45, 7) is 3.35. The first-order valence-electron chi connectivity index (χ1n) is 11.8. The summed E-state index contributed by atoms with van der Waals surface area (Å²) in [5.74, 6) is 0.494. The number of allylic oxidation sites excluding steroid dienone is 2. The molecule has 5 rings (SSSR count). The van der Waals surface area contributed by atoms with Crippen LogP contribution in [0.4, 0.5) is 5.69 Å². The van der Waals surface area contributed by atoms with Crippen molar-refractivity contribution in [2.24, 2.45) is 4.99 Å². The number of aromatic nitrogens is 1. The van der Waals surface area contributed by atoms with Crippen LogP contribution in [0.15, 0.2) is 80.1 Å². The van der Waals surface area contributed by atoms with Gasteiger partial charge in [-0.25, -0.2) is 4.99 Å². The highest BCUT2D eigenvalue weighted by molar-refractivity contribution is 9.10. The van der Waals surface area contributed by atoms with Gasteiger partial charge >= 0.3 is 0 Å². The number of rotatable bonds is 5. The predicted molar refractivity (Wildman–Crippen MR) is 153 cm³/mol. The number of hydrogen-bond donors (Lipinski definition) is 0. The zero-order valence-corrected chi connectivity index (χ0v) is 23.6. The number of halogens is 1. The molecule has 3 aromatic carbocycles. The number of benzene rings is 3. The first kappa shape index (κ1) is 25.2. The molecular weight excluding hydrogens is 550 g/mol. The summed E-state index contributed by atoms with van der Waals surface area (Å²) in [6, 6.07) is 17.1. The zero-order valence-electron chi connectivity index (χ0n) is 21.2. The molecule has 0 spiro atoms. The van der Waals surface area contributed by atoms with E-state index in [-0.39, 0.29) is 11.3 Å². The first-order chi connectivity index (χ1) is 17.7. The molecule has 0 fully saturated rings. The van der Waals surface area contributed by atoms with E-state index in [0.29, 0.717) is 26.4 Å². The molecule has 188 valence electrons. The Hall–Kier alpha value is -3.49. The lowest BCUT2D eigenvalue weighted by atomic mass is 9.89. The molecular formula is C29H26BrN3O3S. The van der Waals surface area contributed by atoms with E-state index in [0.717, 1.165) is 32.1 Å². The van der Waals surface area contributed by atoms with E-state index >= 15 is 0 Å². The van der Waals surface area contributed by atoms with E-state index in [1.165, 1.54) is 18.3 Å². The van der Waals surface area contributed by atoms with Gasteiger partial charge in [-0.15, -0.1) is 0 Å². The van der Waals surface area contributed by atoms with Gasteiger partial charge in [0.05, 0.1) is 23.4 Å². The summed E-state index contributed by atoms with van der Waals surface area (Å²) < 4.78 is 8.91. The van der Waals surface area contributed by atoms with Gasteiger partial charge in [0.2, 0.25) is 0 Å². The van der Waals surface area contributed by atoms with Crippen molar-refractivity contribution >= 4 is 55.6 Å². The van der Waals surface area contributed by atoms with Gasteiger partial charge in [0.25, 0.3) is 5.56 Å². The molecule has 0 saturated heterocycles. The Kier molecular flexibility index (Phi) is 6.64. The van der Waals surface area contributed by atoms with Crippen LogP contribution in [0.5, 0.6) is 5.75 Å².